The van der Waals surface area contributed by atoms with Gasteiger partial charge in [-0.2, -0.15) is 0 Å². The van der Waals surface area contributed by atoms with Gasteiger partial charge < -0.3 is 91.7 Å². The fourth-order valence-corrected chi connectivity index (χ4v) is 10.1. The fraction of sp³-hybridized carbons (Fsp3) is 0.724. The highest BCUT2D eigenvalue weighted by atomic mass is 16.7. The van der Waals surface area contributed by atoms with E-state index in [0.29, 0.717) is 52.0 Å². The number of carbonyl (C=O) groups is 2. The van der Waals surface area contributed by atoms with E-state index in [1.54, 1.807) is 51.2 Å². The molecule has 0 radical (unpaired) electrons. The SMILES string of the molecule is C[C@@H]1[C@H](O)[C@@H](C)C=CC=CC=CC=CC=CC=CC=C[C@H](O[C@@H]2O[C@H](C)[C@@H](O)[C@H](N(CCCN)CCCN)[C@@H]2O)CC2O[C@](O)(C[C@@H](O)C[C@@H](O)[C@H](O)CC[C@@H](O)C[C@@H](O)CC(=O)O[C@H]1C)C[C@H](O)[C@H]2C(=O)NCCCN(C)C. The topological polar surface area (TPSA) is 344 Å². The van der Waals surface area contributed by atoms with Crippen molar-refractivity contribution in [3.63, 3.8) is 0 Å². The number of carbonyl (C=O) groups excluding carboxylic acids is 2. The van der Waals surface area contributed by atoms with Crippen LogP contribution in [-0.2, 0) is 28.5 Å². The third-order valence-electron chi connectivity index (χ3n) is 14.8. The Kier molecular flexibility index (Phi) is 32.5. The number of nitrogens with zero attached hydrogens (tertiary/aromatic N) is 2. The molecule has 3 rings (SSSR count). The number of fused-ring (bicyclic) bond motifs is 2. The van der Waals surface area contributed by atoms with Crippen LogP contribution in [-0.4, -0.2) is 224 Å². The minimum atomic E-state index is -2.28. The number of aliphatic hydroxyl groups excluding tert-OH is 9. The van der Waals surface area contributed by atoms with E-state index < -0.39 is 147 Å². The van der Waals surface area contributed by atoms with E-state index in [1.165, 1.54) is 0 Å². The quantitative estimate of drug-likeness (QED) is 0.0842. The van der Waals surface area contributed by atoms with Crippen LogP contribution in [0.25, 0.3) is 0 Å². The lowest BCUT2D eigenvalue weighted by Gasteiger charge is -2.48. The fourth-order valence-electron chi connectivity index (χ4n) is 10.1. The highest BCUT2D eigenvalue weighted by molar-refractivity contribution is 5.80. The third kappa shape index (κ3) is 25.2. The summed E-state index contributed by atoms with van der Waals surface area (Å²) >= 11 is 0. The van der Waals surface area contributed by atoms with E-state index in [0.717, 1.165) is 0 Å². The van der Waals surface area contributed by atoms with Gasteiger partial charge in [-0.05, 0) is 99.2 Å². The number of cyclic esters (lactones) is 1. The zero-order chi connectivity index (χ0) is 58.7. The number of esters is 1. The number of nitrogens with one attached hydrogen (secondary N) is 1. The van der Waals surface area contributed by atoms with Crippen molar-refractivity contribution in [3.8, 4) is 0 Å². The van der Waals surface area contributed by atoms with E-state index >= 15 is 0 Å². The molecule has 1 unspecified atom stereocenters. The average molecular weight is 1120 g/mol. The summed E-state index contributed by atoms with van der Waals surface area (Å²) in [5, 5.41) is 116. The maximum absolute atomic E-state index is 14.1. The lowest BCUT2D eigenvalue weighted by molar-refractivity contribution is -0.311. The maximum Gasteiger partial charge on any atom is 0.308 e. The summed E-state index contributed by atoms with van der Waals surface area (Å²) in [5.41, 5.74) is 11.7. The highest BCUT2D eigenvalue weighted by Crippen LogP contribution is 2.38. The molecule has 3 heterocycles. The molecule has 21 heteroatoms. The number of nitrogens with two attached hydrogens (primary N) is 2. The van der Waals surface area contributed by atoms with Gasteiger partial charge in [0.05, 0.1) is 85.5 Å². The summed E-state index contributed by atoms with van der Waals surface area (Å²) < 4.78 is 24.6. The molecule has 21 nitrogen and oxygen atoms in total. The van der Waals surface area contributed by atoms with Crippen LogP contribution in [0.1, 0.15) is 98.3 Å². The molecule has 0 aromatic carbocycles. The Morgan fingerprint density at radius 1 is 0.671 bits per heavy atom. The number of hydrogen-bond acceptors (Lipinski definition) is 20. The van der Waals surface area contributed by atoms with Crippen LogP contribution in [0.3, 0.4) is 0 Å². The molecule has 2 fully saturated rings. The number of ether oxygens (including phenoxy) is 4. The summed E-state index contributed by atoms with van der Waals surface area (Å²) in [5.74, 6) is -5.57. The second kappa shape index (κ2) is 36.8. The van der Waals surface area contributed by atoms with Crippen molar-refractivity contribution < 1.29 is 79.6 Å². The van der Waals surface area contributed by atoms with Crippen LogP contribution in [0, 0.1) is 17.8 Å². The Bertz CT molecular complexity index is 1950. The third-order valence-corrected chi connectivity index (χ3v) is 14.8. The zero-order valence-electron chi connectivity index (χ0n) is 47.5. The smallest absolute Gasteiger partial charge is 0.308 e. The van der Waals surface area contributed by atoms with Gasteiger partial charge in [-0.1, -0.05) is 98.9 Å². The van der Waals surface area contributed by atoms with Gasteiger partial charge in [0.2, 0.25) is 5.91 Å². The molecule has 0 aromatic heterocycles. The molecule has 0 aliphatic carbocycles. The molecular formula is C58H99N5O16. The van der Waals surface area contributed by atoms with Crippen molar-refractivity contribution in [1.82, 2.24) is 15.1 Å². The summed E-state index contributed by atoms with van der Waals surface area (Å²) in [4.78, 5) is 30.7. The van der Waals surface area contributed by atoms with E-state index in [9.17, 15) is 60.7 Å². The van der Waals surface area contributed by atoms with E-state index in [-0.39, 0.29) is 38.1 Å². The lowest BCUT2D eigenvalue weighted by Crippen LogP contribution is -2.64. The van der Waals surface area contributed by atoms with Gasteiger partial charge in [0.25, 0.3) is 0 Å². The van der Waals surface area contributed by atoms with E-state index in [1.807, 2.05) is 85.5 Å². The Balaban J connectivity index is 2.02. The summed E-state index contributed by atoms with van der Waals surface area (Å²) in [7, 11) is 3.79. The van der Waals surface area contributed by atoms with Crippen molar-refractivity contribution in [2.24, 2.45) is 29.2 Å². The Hall–Kier alpha value is -3.56. The normalized spacial score (nSPS) is 36.8. The molecule has 1 amide bonds. The van der Waals surface area contributed by atoms with Gasteiger partial charge in [-0.3, -0.25) is 14.5 Å². The van der Waals surface area contributed by atoms with Gasteiger partial charge in [0.15, 0.2) is 12.1 Å². The predicted octanol–water partition coefficient (Wildman–Crippen LogP) is 0.736. The van der Waals surface area contributed by atoms with Crippen LogP contribution in [0.5, 0.6) is 0 Å². The maximum atomic E-state index is 14.1. The largest absolute Gasteiger partial charge is 0.462 e. The lowest BCUT2D eigenvalue weighted by atomic mass is 9.82. The van der Waals surface area contributed by atoms with E-state index in [4.69, 9.17) is 30.4 Å². The van der Waals surface area contributed by atoms with Gasteiger partial charge in [0, 0.05) is 44.1 Å². The zero-order valence-corrected chi connectivity index (χ0v) is 47.5. The second-order valence-corrected chi connectivity index (χ2v) is 21.9. The summed E-state index contributed by atoms with van der Waals surface area (Å²) in [6.45, 7) is 9.50. The molecule has 79 heavy (non-hydrogen) atoms. The first-order chi connectivity index (χ1) is 37.5. The first kappa shape index (κ1) is 69.7. The van der Waals surface area contributed by atoms with Crippen LogP contribution in [0.4, 0.5) is 0 Å². The van der Waals surface area contributed by atoms with Crippen molar-refractivity contribution in [3.05, 3.63) is 85.1 Å². The number of aliphatic hydroxyl groups is 10. The average Bonchev–Trinajstić information content (AvgIpc) is 3.46. The number of rotatable bonds is 14. The molecule has 452 valence electrons. The first-order valence-electron chi connectivity index (χ1n) is 28.3. The number of allylic oxidation sites excluding steroid dienone is 12. The van der Waals surface area contributed by atoms with Gasteiger partial charge in [-0.25, -0.2) is 0 Å². The van der Waals surface area contributed by atoms with Crippen LogP contribution in [0.15, 0.2) is 85.1 Å². The summed E-state index contributed by atoms with van der Waals surface area (Å²) in [6.07, 6.45) is 6.96. The monoisotopic (exact) mass is 1120 g/mol. The van der Waals surface area contributed by atoms with Gasteiger partial charge >= 0.3 is 5.97 Å². The van der Waals surface area contributed by atoms with Crippen molar-refractivity contribution in [2.75, 3.05) is 53.4 Å². The molecular weight excluding hydrogens is 1020 g/mol. The van der Waals surface area contributed by atoms with E-state index in [2.05, 4.69) is 5.32 Å². The number of amides is 1. The van der Waals surface area contributed by atoms with Crippen LogP contribution < -0.4 is 16.8 Å². The van der Waals surface area contributed by atoms with Crippen molar-refractivity contribution in [2.45, 2.75) is 196 Å². The first-order valence-corrected chi connectivity index (χ1v) is 28.3. The molecule has 19 atom stereocenters. The molecule has 3 aliphatic rings. The molecule has 2 bridgehead atoms. The molecule has 0 saturated carbocycles. The highest BCUT2D eigenvalue weighted by Gasteiger charge is 2.51. The molecule has 2 saturated heterocycles. The summed E-state index contributed by atoms with van der Waals surface area (Å²) in [6, 6.07) is -0.845. The minimum absolute atomic E-state index is 0.0956. The van der Waals surface area contributed by atoms with Gasteiger partial charge in [-0.15, -0.1) is 0 Å². The van der Waals surface area contributed by atoms with Gasteiger partial charge in [0.1, 0.15) is 12.2 Å². The molecule has 3 aliphatic heterocycles. The minimum Gasteiger partial charge on any atom is -0.462 e. The number of hydrogen-bond donors (Lipinski definition) is 13. The van der Waals surface area contributed by atoms with Crippen LogP contribution >= 0.6 is 0 Å². The predicted molar refractivity (Wildman–Crippen MR) is 300 cm³/mol. The van der Waals surface area contributed by atoms with Crippen molar-refractivity contribution in [1.29, 1.82) is 0 Å². The van der Waals surface area contributed by atoms with Crippen molar-refractivity contribution >= 4 is 11.9 Å². The molecule has 15 N–H and O–H groups in total. The molecule has 0 aromatic rings. The second-order valence-electron chi connectivity index (χ2n) is 21.9. The Morgan fingerprint density at radius 2 is 1.25 bits per heavy atom. The Labute approximate surface area is 468 Å². The standard InChI is InChI=1S/C58H99N5O16/c1-38-22-17-15-13-11-9-7-8-10-12-14-16-18-23-45(78-57-55(73)52(54(72)41(4)77-57)63(30-19-26-59)31-20-27-60)35-49-51(56(74)61-28-21-29-62(5)6)48(69)37-58(75,79-49)36-44(66)33-47(68)46(67)25-24-42(64)32-43(65)34-50(70)76-40(3)39(2)53(38)71/h7-18,22-23,38-49,51-55,57,64-69,71-73,75H,19-21,24-37,59-60H2,1-6H3,(H,61,74)/t38-,39-,40-,41+,42+,43+,44-,45-,46+,47+,48-,49?,51+,52-,53+,54+,55-,57-,58+/m0/s1. The molecule has 0 spiro atoms. The Morgan fingerprint density at radius 3 is 1.84 bits per heavy atom. The van der Waals surface area contributed by atoms with Crippen LogP contribution in [0.2, 0.25) is 0 Å².